The second-order valence-corrected chi connectivity index (χ2v) is 22.1. The monoisotopic (exact) mass is 1080 g/mol. The van der Waals surface area contributed by atoms with E-state index < -0.39 is 0 Å². The van der Waals surface area contributed by atoms with Gasteiger partial charge in [0, 0.05) is 82.9 Å². The first-order valence-corrected chi connectivity index (χ1v) is 29.2. The smallest absolute Gasteiger partial charge is 0.0542 e. The standard InChI is InChI=1S/C80H53N5/c1-4-20-54(21-5-1)55-38-40-60(41-39-55)85-79-48-44-63(81(73-36-18-24-56-22-10-12-30-65(56)73)61-42-46-77-69(50-61)67-32-14-16-34-75(67)83(77)58-26-6-2-7-27-58)52-71(79)72-53-64(45-49-80(72)85)82(74-37-19-25-57-23-11-13-31-66(57)74)62-43-47-78-70(51-62)68-33-15-17-35-76(68)84(78)59-28-8-3-9-29-59/h1-53H. The minimum Gasteiger partial charge on any atom is -0.310 e. The minimum absolute atomic E-state index is 1.06. The van der Waals surface area contributed by atoms with Gasteiger partial charge in [-0.3, -0.25) is 0 Å². The average molecular weight is 1080 g/mol. The van der Waals surface area contributed by atoms with Crippen LogP contribution in [0.1, 0.15) is 0 Å². The van der Waals surface area contributed by atoms with Gasteiger partial charge in [-0.15, -0.1) is 0 Å². The van der Waals surface area contributed by atoms with E-state index in [0.717, 1.165) is 84.0 Å². The Balaban J connectivity index is 0.917. The maximum Gasteiger partial charge on any atom is 0.0542 e. The van der Waals surface area contributed by atoms with Crippen LogP contribution in [0.5, 0.6) is 0 Å². The number of hydrogen-bond acceptors (Lipinski definition) is 2. The first-order chi connectivity index (χ1) is 42.2. The van der Waals surface area contributed by atoms with Gasteiger partial charge in [0.1, 0.15) is 0 Å². The van der Waals surface area contributed by atoms with Crippen LogP contribution in [0.4, 0.5) is 34.1 Å². The van der Waals surface area contributed by atoms with Crippen molar-refractivity contribution in [1.82, 2.24) is 13.7 Å². The number of benzene rings is 14. The third-order valence-corrected chi connectivity index (χ3v) is 17.4. The van der Waals surface area contributed by atoms with E-state index in [2.05, 4.69) is 345 Å². The van der Waals surface area contributed by atoms with Gasteiger partial charge in [-0.2, -0.15) is 0 Å². The van der Waals surface area contributed by atoms with Crippen molar-refractivity contribution < 1.29 is 0 Å². The molecule has 0 aliphatic heterocycles. The molecule has 3 aromatic heterocycles. The van der Waals surface area contributed by atoms with Gasteiger partial charge >= 0.3 is 0 Å². The molecule has 0 radical (unpaired) electrons. The molecule has 398 valence electrons. The first-order valence-electron chi connectivity index (χ1n) is 29.2. The lowest BCUT2D eigenvalue weighted by Gasteiger charge is -2.27. The Hall–Kier alpha value is -11.4. The van der Waals surface area contributed by atoms with Crippen LogP contribution in [0.2, 0.25) is 0 Å². The Morgan fingerprint density at radius 1 is 0.188 bits per heavy atom. The summed E-state index contributed by atoms with van der Waals surface area (Å²) < 4.78 is 7.24. The van der Waals surface area contributed by atoms with Crippen molar-refractivity contribution in [2.24, 2.45) is 0 Å². The van der Waals surface area contributed by atoms with Gasteiger partial charge in [0.15, 0.2) is 0 Å². The Morgan fingerprint density at radius 3 is 0.894 bits per heavy atom. The van der Waals surface area contributed by atoms with E-state index in [1.54, 1.807) is 0 Å². The predicted octanol–water partition coefficient (Wildman–Crippen LogP) is 21.9. The molecule has 0 N–H and O–H groups in total. The second-order valence-electron chi connectivity index (χ2n) is 22.1. The summed E-state index contributed by atoms with van der Waals surface area (Å²) >= 11 is 0. The number of anilines is 6. The third-order valence-electron chi connectivity index (χ3n) is 17.4. The summed E-state index contributed by atoms with van der Waals surface area (Å²) in [6, 6.07) is 118. The number of nitrogens with zero attached hydrogens (tertiary/aromatic N) is 5. The highest BCUT2D eigenvalue weighted by molar-refractivity contribution is 6.16. The van der Waals surface area contributed by atoms with E-state index >= 15 is 0 Å². The van der Waals surface area contributed by atoms with E-state index in [9.17, 15) is 0 Å². The molecule has 5 nitrogen and oxygen atoms in total. The van der Waals surface area contributed by atoms with Gasteiger partial charge in [0.25, 0.3) is 0 Å². The van der Waals surface area contributed by atoms with Crippen molar-refractivity contribution >= 4 is 121 Å². The lowest BCUT2D eigenvalue weighted by Crippen LogP contribution is -2.10. The van der Waals surface area contributed by atoms with Crippen molar-refractivity contribution in [3.63, 3.8) is 0 Å². The van der Waals surface area contributed by atoms with Crippen LogP contribution in [0.25, 0.3) is 115 Å². The molecule has 0 atom stereocenters. The molecule has 0 aliphatic rings. The maximum atomic E-state index is 2.47. The fourth-order valence-corrected chi connectivity index (χ4v) is 13.6. The average Bonchev–Trinajstić information content (AvgIpc) is 2.34. The van der Waals surface area contributed by atoms with Gasteiger partial charge in [-0.25, -0.2) is 0 Å². The lowest BCUT2D eigenvalue weighted by molar-refractivity contribution is 1.18. The van der Waals surface area contributed by atoms with Crippen LogP contribution >= 0.6 is 0 Å². The van der Waals surface area contributed by atoms with E-state index in [-0.39, 0.29) is 0 Å². The quantitative estimate of drug-likeness (QED) is 0.136. The largest absolute Gasteiger partial charge is 0.310 e. The van der Waals surface area contributed by atoms with Crippen molar-refractivity contribution in [3.05, 3.63) is 322 Å². The van der Waals surface area contributed by atoms with Gasteiger partial charge in [0.05, 0.1) is 44.5 Å². The first kappa shape index (κ1) is 48.3. The summed E-state index contributed by atoms with van der Waals surface area (Å²) in [5.41, 5.74) is 19.1. The number of fused-ring (bicyclic) bond motifs is 11. The molecule has 0 unspecified atom stereocenters. The molecule has 85 heavy (non-hydrogen) atoms. The highest BCUT2D eigenvalue weighted by Gasteiger charge is 2.24. The summed E-state index contributed by atoms with van der Waals surface area (Å²) in [4.78, 5) is 4.95. The maximum absolute atomic E-state index is 2.47. The second kappa shape index (κ2) is 19.7. The van der Waals surface area contributed by atoms with E-state index in [0.29, 0.717) is 0 Å². The van der Waals surface area contributed by atoms with Crippen molar-refractivity contribution in [1.29, 1.82) is 0 Å². The fourth-order valence-electron chi connectivity index (χ4n) is 13.6. The van der Waals surface area contributed by atoms with Gasteiger partial charge in [-0.1, -0.05) is 188 Å². The molecule has 0 bridgehead atoms. The molecule has 17 aromatic rings. The Kier molecular flexibility index (Phi) is 11.2. The fraction of sp³-hybridized carbons (Fsp3) is 0. The summed E-state index contributed by atoms with van der Waals surface area (Å²) in [5.74, 6) is 0. The summed E-state index contributed by atoms with van der Waals surface area (Å²) in [6.45, 7) is 0. The van der Waals surface area contributed by atoms with Crippen molar-refractivity contribution in [3.8, 4) is 28.2 Å². The summed E-state index contributed by atoms with van der Waals surface area (Å²) in [5, 5.41) is 11.8. The predicted molar refractivity (Wildman–Crippen MR) is 359 cm³/mol. The van der Waals surface area contributed by atoms with Crippen LogP contribution in [-0.2, 0) is 0 Å². The zero-order chi connectivity index (χ0) is 56.0. The zero-order valence-corrected chi connectivity index (χ0v) is 46.3. The molecule has 0 saturated heterocycles. The van der Waals surface area contributed by atoms with Gasteiger partial charge in [0.2, 0.25) is 0 Å². The third kappa shape index (κ3) is 7.86. The molecular weight excluding hydrogens is 1030 g/mol. The Bertz CT molecular complexity index is 5120. The normalized spacial score (nSPS) is 11.8. The van der Waals surface area contributed by atoms with Gasteiger partial charge < -0.3 is 23.5 Å². The SMILES string of the molecule is c1ccc(-c2ccc(-n3c4ccc(N(c5ccc6c(c5)c5ccccc5n6-c5ccccc5)c5cccc6ccccc56)cc4c4cc(N(c5ccc6c(c5)c5ccccc5n6-c5ccccc5)c5cccc6ccccc56)ccc43)cc2)cc1. The molecule has 17 rings (SSSR count). The molecule has 0 saturated carbocycles. The van der Waals surface area contributed by atoms with E-state index in [1.165, 1.54) is 65.3 Å². The number of rotatable bonds is 10. The van der Waals surface area contributed by atoms with E-state index in [1.807, 2.05) is 0 Å². The Morgan fingerprint density at radius 2 is 0.482 bits per heavy atom. The molecule has 3 heterocycles. The number of hydrogen-bond donors (Lipinski definition) is 0. The summed E-state index contributed by atoms with van der Waals surface area (Å²) in [6.07, 6.45) is 0. The van der Waals surface area contributed by atoms with Crippen molar-refractivity contribution in [2.45, 2.75) is 0 Å². The molecule has 5 heteroatoms. The minimum atomic E-state index is 1.06. The van der Waals surface area contributed by atoms with Crippen molar-refractivity contribution in [2.75, 3.05) is 9.80 Å². The zero-order valence-electron chi connectivity index (χ0n) is 46.3. The molecule has 0 spiro atoms. The molecule has 0 fully saturated rings. The summed E-state index contributed by atoms with van der Waals surface area (Å²) in [7, 11) is 0. The lowest BCUT2D eigenvalue weighted by atomic mass is 10.0. The molecular formula is C80H53N5. The number of para-hydroxylation sites is 4. The topological polar surface area (TPSA) is 21.3 Å². The van der Waals surface area contributed by atoms with E-state index in [4.69, 9.17) is 0 Å². The highest BCUT2D eigenvalue weighted by Crippen LogP contribution is 2.48. The molecule has 14 aromatic carbocycles. The van der Waals surface area contributed by atoms with Crippen LogP contribution in [0, 0.1) is 0 Å². The van der Waals surface area contributed by atoms with Crippen LogP contribution in [0.3, 0.4) is 0 Å². The molecule has 0 amide bonds. The van der Waals surface area contributed by atoms with Crippen LogP contribution < -0.4 is 9.80 Å². The van der Waals surface area contributed by atoms with Gasteiger partial charge in [-0.05, 0) is 155 Å². The Labute approximate surface area is 491 Å². The number of aromatic nitrogens is 3. The van der Waals surface area contributed by atoms with Crippen LogP contribution in [0.15, 0.2) is 322 Å². The highest BCUT2D eigenvalue weighted by atomic mass is 15.2. The van der Waals surface area contributed by atoms with Crippen LogP contribution in [-0.4, -0.2) is 13.7 Å². The molecule has 0 aliphatic carbocycles.